The standard InChI is InChI=1S/C20H21NO5/c1-24-20(23)15-9-7-14(8-10-15)19(22)21-16-4-2-5-17(12-16)26-13-18-6-3-11-25-18/h2,4-5,7-10,12,18H,3,6,11,13H2,1H3,(H,21,22). The molecule has 0 radical (unpaired) electrons. The molecule has 0 spiro atoms. The zero-order valence-corrected chi connectivity index (χ0v) is 14.6. The Balaban J connectivity index is 1.59. The van der Waals surface area contributed by atoms with E-state index in [1.54, 1.807) is 36.4 Å². The van der Waals surface area contributed by atoms with Gasteiger partial charge in [-0.2, -0.15) is 0 Å². The van der Waals surface area contributed by atoms with Crippen LogP contribution in [0, 0.1) is 0 Å². The molecule has 0 saturated carbocycles. The van der Waals surface area contributed by atoms with Crippen LogP contribution in [0.2, 0.25) is 0 Å². The van der Waals surface area contributed by atoms with Gasteiger partial charge in [0.05, 0.1) is 18.8 Å². The highest BCUT2D eigenvalue weighted by molar-refractivity contribution is 6.04. The molecule has 1 saturated heterocycles. The molecule has 1 heterocycles. The van der Waals surface area contributed by atoms with Crippen molar-refractivity contribution in [2.24, 2.45) is 0 Å². The molecule has 1 atom stereocenters. The van der Waals surface area contributed by atoms with Crippen LogP contribution >= 0.6 is 0 Å². The van der Waals surface area contributed by atoms with Crippen LogP contribution < -0.4 is 10.1 Å². The van der Waals surface area contributed by atoms with Crippen LogP contribution in [-0.2, 0) is 9.47 Å². The molecule has 3 rings (SSSR count). The number of anilines is 1. The van der Waals surface area contributed by atoms with Gasteiger partial charge in [0.2, 0.25) is 0 Å². The summed E-state index contributed by atoms with van der Waals surface area (Å²) < 4.78 is 15.9. The summed E-state index contributed by atoms with van der Waals surface area (Å²) in [6.45, 7) is 1.30. The molecule has 1 aliphatic rings. The summed E-state index contributed by atoms with van der Waals surface area (Å²) in [5, 5.41) is 2.82. The maximum atomic E-state index is 12.4. The third kappa shape index (κ3) is 4.61. The van der Waals surface area contributed by atoms with Crippen molar-refractivity contribution in [3.63, 3.8) is 0 Å². The number of rotatable bonds is 6. The van der Waals surface area contributed by atoms with Gasteiger partial charge >= 0.3 is 5.97 Å². The number of benzene rings is 2. The highest BCUT2D eigenvalue weighted by Gasteiger charge is 2.16. The second kappa shape index (κ2) is 8.49. The van der Waals surface area contributed by atoms with Crippen molar-refractivity contribution in [1.29, 1.82) is 0 Å². The van der Waals surface area contributed by atoms with Crippen LogP contribution in [0.25, 0.3) is 0 Å². The lowest BCUT2D eigenvalue weighted by molar-refractivity contribution is 0.0600. The molecular formula is C20H21NO5. The van der Waals surface area contributed by atoms with Gasteiger partial charge in [0.15, 0.2) is 0 Å². The van der Waals surface area contributed by atoms with Crippen LogP contribution in [0.3, 0.4) is 0 Å². The molecule has 1 unspecified atom stereocenters. The van der Waals surface area contributed by atoms with Crippen LogP contribution in [-0.4, -0.2) is 38.3 Å². The van der Waals surface area contributed by atoms with E-state index < -0.39 is 5.97 Å². The maximum Gasteiger partial charge on any atom is 0.337 e. The smallest absolute Gasteiger partial charge is 0.337 e. The zero-order chi connectivity index (χ0) is 18.4. The summed E-state index contributed by atoms with van der Waals surface area (Å²) in [5.41, 5.74) is 1.48. The minimum Gasteiger partial charge on any atom is -0.491 e. The first kappa shape index (κ1) is 17.9. The van der Waals surface area contributed by atoms with E-state index in [4.69, 9.17) is 9.47 Å². The summed E-state index contributed by atoms with van der Waals surface area (Å²) >= 11 is 0. The van der Waals surface area contributed by atoms with Crippen LogP contribution in [0.15, 0.2) is 48.5 Å². The van der Waals surface area contributed by atoms with Crippen molar-refractivity contribution in [3.8, 4) is 5.75 Å². The number of methoxy groups -OCH3 is 1. The molecule has 1 N–H and O–H groups in total. The summed E-state index contributed by atoms with van der Waals surface area (Å²) in [5.74, 6) is -0.0231. The topological polar surface area (TPSA) is 73.9 Å². The van der Waals surface area contributed by atoms with Gasteiger partial charge in [-0.05, 0) is 49.2 Å². The molecule has 0 aliphatic carbocycles. The van der Waals surface area contributed by atoms with Crippen molar-refractivity contribution < 1.29 is 23.8 Å². The van der Waals surface area contributed by atoms with E-state index in [0.29, 0.717) is 29.2 Å². The number of hydrogen-bond acceptors (Lipinski definition) is 5. The third-order valence-corrected chi connectivity index (χ3v) is 4.12. The maximum absolute atomic E-state index is 12.4. The summed E-state index contributed by atoms with van der Waals surface area (Å²) in [4.78, 5) is 23.8. The number of hydrogen-bond donors (Lipinski definition) is 1. The summed E-state index contributed by atoms with van der Waals surface area (Å²) in [7, 11) is 1.32. The quantitative estimate of drug-likeness (QED) is 0.805. The van der Waals surface area contributed by atoms with E-state index in [1.807, 2.05) is 12.1 Å². The van der Waals surface area contributed by atoms with E-state index in [0.717, 1.165) is 19.4 Å². The molecule has 26 heavy (non-hydrogen) atoms. The van der Waals surface area contributed by atoms with Crippen LogP contribution in [0.1, 0.15) is 33.6 Å². The summed E-state index contributed by atoms with van der Waals surface area (Å²) in [6.07, 6.45) is 2.22. The van der Waals surface area contributed by atoms with Gasteiger partial charge in [-0.1, -0.05) is 6.07 Å². The molecule has 1 aliphatic heterocycles. The van der Waals surface area contributed by atoms with Gasteiger partial charge in [-0.3, -0.25) is 4.79 Å². The number of amides is 1. The Morgan fingerprint density at radius 2 is 1.92 bits per heavy atom. The van der Waals surface area contributed by atoms with E-state index >= 15 is 0 Å². The molecule has 0 bridgehead atoms. The van der Waals surface area contributed by atoms with Gasteiger partial charge in [0.1, 0.15) is 12.4 Å². The average molecular weight is 355 g/mol. The van der Waals surface area contributed by atoms with Gasteiger partial charge in [-0.25, -0.2) is 4.79 Å². The first-order chi connectivity index (χ1) is 12.7. The Morgan fingerprint density at radius 1 is 1.15 bits per heavy atom. The Bertz CT molecular complexity index is 766. The third-order valence-electron chi connectivity index (χ3n) is 4.12. The average Bonchev–Trinajstić information content (AvgIpc) is 3.20. The fourth-order valence-electron chi connectivity index (χ4n) is 2.71. The number of esters is 1. The second-order valence-electron chi connectivity index (χ2n) is 6.00. The monoisotopic (exact) mass is 355 g/mol. The highest BCUT2D eigenvalue weighted by atomic mass is 16.5. The van der Waals surface area contributed by atoms with E-state index in [-0.39, 0.29) is 12.0 Å². The normalized spacial score (nSPS) is 16.1. The number of nitrogens with one attached hydrogen (secondary N) is 1. The minimum absolute atomic E-state index is 0.140. The first-order valence-electron chi connectivity index (χ1n) is 8.50. The minimum atomic E-state index is -0.437. The Hall–Kier alpha value is -2.86. The summed E-state index contributed by atoms with van der Waals surface area (Å²) in [6, 6.07) is 13.5. The van der Waals surface area contributed by atoms with E-state index in [2.05, 4.69) is 10.1 Å². The van der Waals surface area contributed by atoms with Crippen LogP contribution in [0.5, 0.6) is 5.75 Å². The molecular weight excluding hydrogens is 334 g/mol. The SMILES string of the molecule is COC(=O)c1ccc(C(=O)Nc2cccc(OCC3CCCO3)c2)cc1. The Kier molecular flexibility index (Phi) is 5.86. The number of ether oxygens (including phenoxy) is 3. The lowest BCUT2D eigenvalue weighted by Crippen LogP contribution is -2.16. The molecule has 0 aromatic heterocycles. The first-order valence-corrected chi connectivity index (χ1v) is 8.50. The molecule has 2 aromatic carbocycles. The fourth-order valence-corrected chi connectivity index (χ4v) is 2.71. The largest absolute Gasteiger partial charge is 0.491 e. The predicted molar refractivity (Wildman–Crippen MR) is 96.6 cm³/mol. The van der Waals surface area contributed by atoms with Gasteiger partial charge in [0, 0.05) is 23.9 Å². The van der Waals surface area contributed by atoms with Crippen molar-refractivity contribution in [3.05, 3.63) is 59.7 Å². The lowest BCUT2D eigenvalue weighted by atomic mass is 10.1. The molecule has 1 amide bonds. The highest BCUT2D eigenvalue weighted by Crippen LogP contribution is 2.20. The number of carbonyl (C=O) groups excluding carboxylic acids is 2. The van der Waals surface area contributed by atoms with Crippen molar-refractivity contribution >= 4 is 17.6 Å². The Morgan fingerprint density at radius 3 is 2.62 bits per heavy atom. The molecule has 2 aromatic rings. The van der Waals surface area contributed by atoms with E-state index in [1.165, 1.54) is 7.11 Å². The Labute approximate surface area is 152 Å². The van der Waals surface area contributed by atoms with Crippen molar-refractivity contribution in [2.75, 3.05) is 25.6 Å². The van der Waals surface area contributed by atoms with Gasteiger partial charge in [-0.15, -0.1) is 0 Å². The van der Waals surface area contributed by atoms with Gasteiger partial charge < -0.3 is 19.5 Å². The zero-order valence-electron chi connectivity index (χ0n) is 14.6. The van der Waals surface area contributed by atoms with E-state index in [9.17, 15) is 9.59 Å². The predicted octanol–water partition coefficient (Wildman–Crippen LogP) is 3.28. The van der Waals surface area contributed by atoms with Gasteiger partial charge in [0.25, 0.3) is 5.91 Å². The second-order valence-corrected chi connectivity index (χ2v) is 6.00. The molecule has 6 nitrogen and oxygen atoms in total. The lowest BCUT2D eigenvalue weighted by Gasteiger charge is -2.12. The van der Waals surface area contributed by atoms with Crippen molar-refractivity contribution in [1.82, 2.24) is 0 Å². The van der Waals surface area contributed by atoms with Crippen molar-refractivity contribution in [2.45, 2.75) is 18.9 Å². The fraction of sp³-hybridized carbons (Fsp3) is 0.300. The van der Waals surface area contributed by atoms with Crippen LogP contribution in [0.4, 0.5) is 5.69 Å². The number of carbonyl (C=O) groups is 2. The molecule has 136 valence electrons. The molecule has 1 fully saturated rings. The molecule has 6 heteroatoms.